The molecule has 1 aromatic carbocycles. The molecule has 2 nitrogen and oxygen atoms in total. The van der Waals surface area contributed by atoms with Crippen molar-refractivity contribution in [3.8, 4) is 0 Å². The first kappa shape index (κ1) is 14.4. The van der Waals surface area contributed by atoms with Gasteiger partial charge in [-0.3, -0.25) is 4.79 Å². The minimum Gasteiger partial charge on any atom is -0.368 e. The van der Waals surface area contributed by atoms with E-state index in [0.29, 0.717) is 16.6 Å². The highest BCUT2D eigenvalue weighted by atomic mass is 35.5. The van der Waals surface area contributed by atoms with E-state index in [2.05, 4.69) is 11.8 Å². The molecule has 0 atom stereocenters. The Labute approximate surface area is 120 Å². The summed E-state index contributed by atoms with van der Waals surface area (Å²) in [4.78, 5) is 13.8. The molecular formula is C16H22ClNO. The van der Waals surface area contributed by atoms with E-state index in [1.807, 2.05) is 12.1 Å². The van der Waals surface area contributed by atoms with E-state index in [9.17, 15) is 4.79 Å². The van der Waals surface area contributed by atoms with Crippen LogP contribution in [0.1, 0.15) is 56.3 Å². The third kappa shape index (κ3) is 3.30. The zero-order chi connectivity index (χ0) is 13.8. The zero-order valence-corrected chi connectivity index (χ0v) is 12.5. The number of anilines is 1. The molecule has 0 aromatic heterocycles. The van der Waals surface area contributed by atoms with Gasteiger partial charge in [-0.15, -0.1) is 0 Å². The Morgan fingerprint density at radius 3 is 2.53 bits per heavy atom. The van der Waals surface area contributed by atoms with Crippen LogP contribution in [0.4, 0.5) is 5.69 Å². The van der Waals surface area contributed by atoms with Crippen LogP contribution in [0.25, 0.3) is 0 Å². The number of rotatable bonds is 4. The van der Waals surface area contributed by atoms with Gasteiger partial charge in [0.05, 0.1) is 10.7 Å². The molecule has 3 heteroatoms. The van der Waals surface area contributed by atoms with E-state index < -0.39 is 0 Å². The van der Waals surface area contributed by atoms with Crippen LogP contribution in [0.15, 0.2) is 18.2 Å². The average molecular weight is 280 g/mol. The maximum absolute atomic E-state index is 11.4. The normalized spacial score (nSPS) is 16.4. The first-order valence-electron chi connectivity index (χ1n) is 7.20. The van der Waals surface area contributed by atoms with Crippen molar-refractivity contribution in [2.75, 3.05) is 11.4 Å². The average Bonchev–Trinajstić information content (AvgIpc) is 2.42. The SMILES string of the molecule is CCN(c1ccc(C(C)=O)cc1Cl)C1CCCCC1. The van der Waals surface area contributed by atoms with Crippen molar-refractivity contribution in [1.29, 1.82) is 0 Å². The minimum absolute atomic E-state index is 0.0640. The number of hydrogen-bond acceptors (Lipinski definition) is 2. The molecular weight excluding hydrogens is 258 g/mol. The van der Waals surface area contributed by atoms with Crippen LogP contribution >= 0.6 is 11.6 Å². The van der Waals surface area contributed by atoms with E-state index >= 15 is 0 Å². The van der Waals surface area contributed by atoms with E-state index in [4.69, 9.17) is 11.6 Å². The van der Waals surface area contributed by atoms with Gasteiger partial charge in [0.1, 0.15) is 0 Å². The fraction of sp³-hybridized carbons (Fsp3) is 0.562. The molecule has 1 saturated carbocycles. The van der Waals surface area contributed by atoms with Crippen LogP contribution in [0.2, 0.25) is 5.02 Å². The molecule has 1 aliphatic rings. The first-order chi connectivity index (χ1) is 9.13. The number of carbonyl (C=O) groups is 1. The fourth-order valence-electron chi connectivity index (χ4n) is 2.98. The summed E-state index contributed by atoms with van der Waals surface area (Å²) in [7, 11) is 0. The summed E-state index contributed by atoms with van der Waals surface area (Å²) in [6.07, 6.45) is 6.47. The lowest BCUT2D eigenvalue weighted by Crippen LogP contribution is -2.36. The van der Waals surface area contributed by atoms with Gasteiger partial charge in [-0.1, -0.05) is 30.9 Å². The summed E-state index contributed by atoms with van der Waals surface area (Å²) in [6, 6.07) is 6.27. The standard InChI is InChI=1S/C16H22ClNO/c1-3-18(14-7-5-4-6-8-14)16-10-9-13(12(2)19)11-15(16)17/h9-11,14H,3-8H2,1-2H3. The molecule has 0 bridgehead atoms. The molecule has 0 radical (unpaired) electrons. The van der Waals surface area contributed by atoms with E-state index in [1.54, 1.807) is 13.0 Å². The van der Waals surface area contributed by atoms with Gasteiger partial charge < -0.3 is 4.90 Å². The number of ketones is 1. The van der Waals surface area contributed by atoms with Crippen molar-refractivity contribution >= 4 is 23.1 Å². The third-order valence-corrected chi connectivity index (χ3v) is 4.32. The number of carbonyl (C=O) groups excluding carboxylic acids is 1. The molecule has 19 heavy (non-hydrogen) atoms. The molecule has 0 heterocycles. The van der Waals surface area contributed by atoms with Gasteiger partial charge in [0.25, 0.3) is 0 Å². The molecule has 1 fully saturated rings. The molecule has 0 N–H and O–H groups in total. The van der Waals surface area contributed by atoms with Crippen molar-refractivity contribution in [2.45, 2.75) is 52.0 Å². The van der Waals surface area contributed by atoms with Crippen molar-refractivity contribution in [1.82, 2.24) is 0 Å². The van der Waals surface area contributed by atoms with E-state index in [-0.39, 0.29) is 5.78 Å². The van der Waals surface area contributed by atoms with Gasteiger partial charge in [0.15, 0.2) is 5.78 Å². The summed E-state index contributed by atoms with van der Waals surface area (Å²) >= 11 is 6.37. The Morgan fingerprint density at radius 2 is 2.00 bits per heavy atom. The highest BCUT2D eigenvalue weighted by Crippen LogP contribution is 2.32. The van der Waals surface area contributed by atoms with Gasteiger partial charge in [-0.25, -0.2) is 0 Å². The van der Waals surface area contributed by atoms with E-state index in [1.165, 1.54) is 32.1 Å². The number of nitrogens with zero attached hydrogens (tertiary/aromatic N) is 1. The highest BCUT2D eigenvalue weighted by Gasteiger charge is 2.22. The maximum Gasteiger partial charge on any atom is 0.159 e. The zero-order valence-electron chi connectivity index (χ0n) is 11.8. The predicted molar refractivity (Wildman–Crippen MR) is 81.3 cm³/mol. The summed E-state index contributed by atoms with van der Waals surface area (Å²) in [5, 5.41) is 0.695. The lowest BCUT2D eigenvalue weighted by molar-refractivity contribution is 0.101. The van der Waals surface area contributed by atoms with Crippen LogP contribution in [0, 0.1) is 0 Å². The number of halogens is 1. The van der Waals surface area contributed by atoms with Gasteiger partial charge in [-0.2, -0.15) is 0 Å². The molecule has 0 aliphatic heterocycles. The molecule has 2 rings (SSSR count). The molecule has 0 amide bonds. The molecule has 1 aliphatic carbocycles. The van der Waals surface area contributed by atoms with Crippen molar-refractivity contribution in [3.05, 3.63) is 28.8 Å². The Morgan fingerprint density at radius 1 is 1.32 bits per heavy atom. The summed E-state index contributed by atoms with van der Waals surface area (Å²) in [5.41, 5.74) is 1.76. The second kappa shape index (κ2) is 6.42. The molecule has 0 saturated heterocycles. The Bertz CT molecular complexity index is 452. The smallest absolute Gasteiger partial charge is 0.159 e. The van der Waals surface area contributed by atoms with Crippen LogP contribution in [0.5, 0.6) is 0 Å². The maximum atomic E-state index is 11.4. The van der Waals surface area contributed by atoms with Gasteiger partial charge in [0, 0.05) is 18.2 Å². The lowest BCUT2D eigenvalue weighted by Gasteiger charge is -2.36. The predicted octanol–water partition coefficient (Wildman–Crippen LogP) is 4.70. The molecule has 0 unspecified atom stereocenters. The number of Topliss-reactive ketones (excluding diaryl/α,β-unsaturated/α-hetero) is 1. The Kier molecular flexibility index (Phi) is 4.87. The number of hydrogen-bond donors (Lipinski definition) is 0. The summed E-state index contributed by atoms with van der Waals surface area (Å²) in [6.45, 7) is 4.71. The first-order valence-corrected chi connectivity index (χ1v) is 7.58. The van der Waals surface area contributed by atoms with Crippen molar-refractivity contribution in [2.24, 2.45) is 0 Å². The Hall–Kier alpha value is -1.02. The second-order valence-electron chi connectivity index (χ2n) is 5.30. The van der Waals surface area contributed by atoms with Crippen molar-refractivity contribution in [3.63, 3.8) is 0 Å². The lowest BCUT2D eigenvalue weighted by atomic mass is 9.93. The van der Waals surface area contributed by atoms with Crippen LogP contribution in [-0.2, 0) is 0 Å². The highest BCUT2D eigenvalue weighted by molar-refractivity contribution is 6.33. The molecule has 1 aromatic rings. The van der Waals surface area contributed by atoms with Gasteiger partial charge >= 0.3 is 0 Å². The molecule has 104 valence electrons. The van der Waals surface area contributed by atoms with Gasteiger partial charge in [0.2, 0.25) is 0 Å². The number of benzene rings is 1. The third-order valence-electron chi connectivity index (χ3n) is 4.02. The van der Waals surface area contributed by atoms with E-state index in [0.717, 1.165) is 12.2 Å². The summed E-state index contributed by atoms with van der Waals surface area (Å²) in [5.74, 6) is 0.0640. The molecule has 0 spiro atoms. The van der Waals surface area contributed by atoms with Crippen molar-refractivity contribution < 1.29 is 4.79 Å². The Balaban J connectivity index is 2.24. The van der Waals surface area contributed by atoms with Crippen LogP contribution in [0.3, 0.4) is 0 Å². The largest absolute Gasteiger partial charge is 0.368 e. The topological polar surface area (TPSA) is 20.3 Å². The van der Waals surface area contributed by atoms with Crippen LogP contribution in [-0.4, -0.2) is 18.4 Å². The monoisotopic (exact) mass is 279 g/mol. The minimum atomic E-state index is 0.0640. The quantitative estimate of drug-likeness (QED) is 0.745. The summed E-state index contributed by atoms with van der Waals surface area (Å²) < 4.78 is 0. The fourth-order valence-corrected chi connectivity index (χ4v) is 3.27. The van der Waals surface area contributed by atoms with Crippen LogP contribution < -0.4 is 4.90 Å². The van der Waals surface area contributed by atoms with Gasteiger partial charge in [-0.05, 0) is 44.9 Å². The second-order valence-corrected chi connectivity index (χ2v) is 5.71.